The van der Waals surface area contributed by atoms with E-state index >= 15 is 0 Å². The van der Waals surface area contributed by atoms with E-state index in [-0.39, 0.29) is 11.9 Å². The lowest BCUT2D eigenvalue weighted by Crippen LogP contribution is -2.34. The van der Waals surface area contributed by atoms with Crippen molar-refractivity contribution in [3.8, 4) is 0 Å². The third-order valence-electron chi connectivity index (χ3n) is 4.58. The van der Waals surface area contributed by atoms with Gasteiger partial charge in [0.1, 0.15) is 28.0 Å². The first-order valence-electron chi connectivity index (χ1n) is 8.74. The fourth-order valence-corrected chi connectivity index (χ4v) is 4.57. The van der Waals surface area contributed by atoms with E-state index in [1.165, 1.54) is 17.7 Å². The largest absolute Gasteiger partial charge is 0.381 e. The number of carbonyl (C=O) groups excluding carboxylic acids is 1. The van der Waals surface area contributed by atoms with E-state index in [1.807, 2.05) is 31.2 Å². The number of thiophene rings is 1. The van der Waals surface area contributed by atoms with Gasteiger partial charge in [-0.25, -0.2) is 15.0 Å². The summed E-state index contributed by atoms with van der Waals surface area (Å²) in [6.45, 7) is 2.67. The molecular formula is C19H15ClN6OS. The predicted molar refractivity (Wildman–Crippen MR) is 113 cm³/mol. The molecule has 0 aliphatic carbocycles. The van der Waals surface area contributed by atoms with Gasteiger partial charge < -0.3 is 16.0 Å². The Hall–Kier alpha value is -2.97. The van der Waals surface area contributed by atoms with Gasteiger partial charge in [-0.1, -0.05) is 11.6 Å². The van der Waals surface area contributed by atoms with Crippen LogP contribution < -0.4 is 16.0 Å². The molecular weight excluding hydrogens is 396 g/mol. The molecule has 0 bridgehead atoms. The Bertz CT molecular complexity index is 1240. The molecule has 0 fully saturated rings. The van der Waals surface area contributed by atoms with Crippen LogP contribution in [-0.4, -0.2) is 33.4 Å². The number of nitrogens with one attached hydrogen (secondary N) is 3. The van der Waals surface area contributed by atoms with Crippen molar-refractivity contribution < 1.29 is 4.79 Å². The van der Waals surface area contributed by atoms with Crippen molar-refractivity contribution in [3.63, 3.8) is 0 Å². The molecule has 0 saturated heterocycles. The van der Waals surface area contributed by atoms with Crippen molar-refractivity contribution in [2.24, 2.45) is 0 Å². The highest BCUT2D eigenvalue weighted by Crippen LogP contribution is 2.41. The van der Waals surface area contributed by atoms with Crippen LogP contribution in [-0.2, 0) is 0 Å². The van der Waals surface area contributed by atoms with Gasteiger partial charge in [0.05, 0.1) is 11.2 Å². The number of fused-ring (bicyclic) bond motifs is 5. The standard InChI is InChI=1S/C19H15ClN6OS/c1-9-7-21-17-16-10-2-5-14(26-15-6-13(20)22-8-23-15)25-11(10)3-4-12(16)28-18(17)19(27)24-9/h2-6,8-9,21H,7H2,1H3,(H,24,27)(H,22,23,25,26)/t9-/m0/s1. The van der Waals surface area contributed by atoms with Crippen LogP contribution in [0.4, 0.5) is 17.3 Å². The van der Waals surface area contributed by atoms with Gasteiger partial charge in [0.25, 0.3) is 5.91 Å². The van der Waals surface area contributed by atoms with Gasteiger partial charge in [-0.05, 0) is 31.2 Å². The van der Waals surface area contributed by atoms with Crippen molar-refractivity contribution in [1.82, 2.24) is 20.3 Å². The van der Waals surface area contributed by atoms with Gasteiger partial charge in [-0.3, -0.25) is 4.79 Å². The molecule has 0 saturated carbocycles. The molecule has 7 nitrogen and oxygen atoms in total. The number of benzene rings is 1. The van der Waals surface area contributed by atoms with Crippen molar-refractivity contribution >= 4 is 67.2 Å². The molecule has 1 atom stereocenters. The average molecular weight is 411 g/mol. The number of aromatic nitrogens is 3. The first-order valence-corrected chi connectivity index (χ1v) is 9.93. The second kappa shape index (κ2) is 6.57. The lowest BCUT2D eigenvalue weighted by Gasteiger charge is -2.10. The van der Waals surface area contributed by atoms with E-state index < -0.39 is 0 Å². The molecule has 1 aliphatic heterocycles. The van der Waals surface area contributed by atoms with E-state index in [0.29, 0.717) is 28.2 Å². The Balaban J connectivity index is 1.62. The lowest BCUT2D eigenvalue weighted by molar-refractivity contribution is 0.0949. The smallest absolute Gasteiger partial charge is 0.263 e. The average Bonchev–Trinajstić information content (AvgIpc) is 2.99. The Labute approximate surface area is 169 Å². The number of hydrogen-bond acceptors (Lipinski definition) is 7. The summed E-state index contributed by atoms with van der Waals surface area (Å²) < 4.78 is 1.06. The molecule has 1 amide bonds. The van der Waals surface area contributed by atoms with Crippen molar-refractivity contribution in [2.45, 2.75) is 13.0 Å². The normalized spacial score (nSPS) is 16.4. The molecule has 140 valence electrons. The minimum absolute atomic E-state index is 0.0336. The molecule has 1 aromatic carbocycles. The zero-order valence-electron chi connectivity index (χ0n) is 14.8. The molecule has 5 rings (SSSR count). The minimum atomic E-state index is -0.0336. The van der Waals surface area contributed by atoms with Crippen LogP contribution in [0, 0.1) is 0 Å². The Morgan fingerprint density at radius 1 is 1.21 bits per heavy atom. The van der Waals surface area contributed by atoms with E-state index in [4.69, 9.17) is 16.6 Å². The molecule has 3 aromatic heterocycles. The second-order valence-electron chi connectivity index (χ2n) is 6.61. The summed E-state index contributed by atoms with van der Waals surface area (Å²) in [6, 6.07) is 9.59. The highest BCUT2D eigenvalue weighted by Gasteiger charge is 2.24. The monoisotopic (exact) mass is 410 g/mol. The SMILES string of the molecule is C[C@H]1CNc2c(sc3ccc4nc(Nc5cc(Cl)ncn5)ccc4c23)C(=O)N1. The second-order valence-corrected chi connectivity index (χ2v) is 8.05. The Morgan fingerprint density at radius 3 is 2.96 bits per heavy atom. The van der Waals surface area contributed by atoms with Crippen LogP contribution in [0.25, 0.3) is 21.0 Å². The molecule has 0 spiro atoms. The number of carbonyl (C=O) groups is 1. The molecule has 0 radical (unpaired) electrons. The van der Waals surface area contributed by atoms with Gasteiger partial charge in [-0.15, -0.1) is 11.3 Å². The third kappa shape index (κ3) is 2.90. The van der Waals surface area contributed by atoms with Crippen LogP contribution in [0.15, 0.2) is 36.7 Å². The zero-order valence-corrected chi connectivity index (χ0v) is 16.4. The van der Waals surface area contributed by atoms with Crippen molar-refractivity contribution in [3.05, 3.63) is 46.7 Å². The Kier molecular flexibility index (Phi) is 4.03. The molecule has 3 N–H and O–H groups in total. The fraction of sp³-hybridized carbons (Fsp3) is 0.158. The summed E-state index contributed by atoms with van der Waals surface area (Å²) in [7, 11) is 0. The molecule has 9 heteroatoms. The van der Waals surface area contributed by atoms with Gasteiger partial charge in [0.15, 0.2) is 0 Å². The molecule has 1 aliphatic rings. The number of nitrogens with zero attached hydrogens (tertiary/aromatic N) is 3. The van der Waals surface area contributed by atoms with Crippen LogP contribution in [0.1, 0.15) is 16.6 Å². The first-order chi connectivity index (χ1) is 13.6. The maximum absolute atomic E-state index is 12.5. The van der Waals surface area contributed by atoms with Gasteiger partial charge in [0, 0.05) is 34.1 Å². The summed E-state index contributed by atoms with van der Waals surface area (Å²) in [5, 5.41) is 12.0. The maximum Gasteiger partial charge on any atom is 0.263 e. The van der Waals surface area contributed by atoms with E-state index in [9.17, 15) is 4.79 Å². The minimum Gasteiger partial charge on any atom is -0.381 e. The lowest BCUT2D eigenvalue weighted by atomic mass is 10.1. The number of hydrogen-bond donors (Lipinski definition) is 3. The van der Waals surface area contributed by atoms with Gasteiger partial charge >= 0.3 is 0 Å². The number of anilines is 3. The number of rotatable bonds is 2. The van der Waals surface area contributed by atoms with Gasteiger partial charge in [0.2, 0.25) is 0 Å². The Morgan fingerprint density at radius 2 is 2.11 bits per heavy atom. The predicted octanol–water partition coefficient (Wildman–Crippen LogP) is 4.18. The molecule has 4 heterocycles. The van der Waals surface area contributed by atoms with Gasteiger partial charge in [-0.2, -0.15) is 0 Å². The van der Waals surface area contributed by atoms with E-state index in [0.717, 1.165) is 26.7 Å². The summed E-state index contributed by atoms with van der Waals surface area (Å²) in [6.07, 6.45) is 1.40. The number of pyridine rings is 1. The number of halogens is 1. The quantitative estimate of drug-likeness (QED) is 0.429. The highest BCUT2D eigenvalue weighted by atomic mass is 35.5. The maximum atomic E-state index is 12.5. The molecule has 4 aromatic rings. The zero-order chi connectivity index (χ0) is 19.3. The van der Waals surface area contributed by atoms with Crippen LogP contribution in [0.2, 0.25) is 5.15 Å². The van der Waals surface area contributed by atoms with Crippen LogP contribution >= 0.6 is 22.9 Å². The molecule has 28 heavy (non-hydrogen) atoms. The summed E-state index contributed by atoms with van der Waals surface area (Å²) in [5.41, 5.74) is 1.72. The first kappa shape index (κ1) is 17.2. The third-order valence-corrected chi connectivity index (χ3v) is 5.94. The van der Waals surface area contributed by atoms with Crippen molar-refractivity contribution in [1.29, 1.82) is 0 Å². The highest BCUT2D eigenvalue weighted by molar-refractivity contribution is 7.21. The van der Waals surface area contributed by atoms with Crippen LogP contribution in [0.3, 0.4) is 0 Å². The number of amides is 1. The summed E-state index contributed by atoms with van der Waals surface area (Å²) in [5.74, 6) is 1.20. The van der Waals surface area contributed by atoms with E-state index in [1.54, 1.807) is 6.07 Å². The molecule has 0 unspecified atom stereocenters. The van der Waals surface area contributed by atoms with E-state index in [2.05, 4.69) is 25.9 Å². The van der Waals surface area contributed by atoms with Crippen LogP contribution in [0.5, 0.6) is 0 Å². The fourth-order valence-electron chi connectivity index (χ4n) is 3.33. The summed E-state index contributed by atoms with van der Waals surface area (Å²) in [4.78, 5) is 25.9. The topological polar surface area (TPSA) is 91.8 Å². The summed E-state index contributed by atoms with van der Waals surface area (Å²) >= 11 is 7.41. The van der Waals surface area contributed by atoms with Crippen molar-refractivity contribution in [2.75, 3.05) is 17.2 Å².